The number of anilines is 1. The molecule has 1 saturated heterocycles. The maximum Gasteiger partial charge on any atom is 0.339 e. The summed E-state index contributed by atoms with van der Waals surface area (Å²) < 4.78 is 4.49. The van der Waals surface area contributed by atoms with Crippen molar-refractivity contribution in [2.45, 2.75) is 6.10 Å². The van der Waals surface area contributed by atoms with Crippen LogP contribution >= 0.6 is 0 Å². The molecule has 0 bridgehead atoms. The first-order valence-corrected chi connectivity index (χ1v) is 6.00. The largest absolute Gasteiger partial charge is 0.467 e. The molecule has 7 heteroatoms. The summed E-state index contributed by atoms with van der Waals surface area (Å²) in [5.74, 6) is -2.26. The Morgan fingerprint density at radius 3 is 2.80 bits per heavy atom. The normalized spacial score (nSPS) is 16.6. The van der Waals surface area contributed by atoms with Crippen LogP contribution in [0.3, 0.4) is 0 Å². The molecule has 1 unspecified atom stereocenters. The lowest BCUT2D eigenvalue weighted by atomic mass is 10.1. The van der Waals surface area contributed by atoms with Gasteiger partial charge in [-0.25, -0.2) is 4.79 Å². The minimum absolute atomic E-state index is 0.224. The van der Waals surface area contributed by atoms with Gasteiger partial charge in [0.2, 0.25) is 0 Å². The number of esters is 1. The van der Waals surface area contributed by atoms with Crippen LogP contribution in [0.5, 0.6) is 0 Å². The molecular weight excluding hydrogens is 264 g/mol. The van der Waals surface area contributed by atoms with E-state index in [2.05, 4.69) is 10.1 Å². The highest BCUT2D eigenvalue weighted by Crippen LogP contribution is 2.27. The molecule has 0 radical (unpaired) electrons. The van der Waals surface area contributed by atoms with Gasteiger partial charge in [0, 0.05) is 18.7 Å². The van der Waals surface area contributed by atoms with Crippen molar-refractivity contribution in [2.75, 3.05) is 25.1 Å². The summed E-state index contributed by atoms with van der Waals surface area (Å²) in [4.78, 5) is 35.9. The number of piperazine rings is 1. The Bertz CT molecular complexity index is 557. The van der Waals surface area contributed by atoms with Crippen LogP contribution in [-0.4, -0.2) is 43.1 Å². The molecule has 1 atom stereocenters. The monoisotopic (exact) mass is 278 g/mol. The van der Waals surface area contributed by atoms with Crippen LogP contribution in [0, 0.1) is 0 Å². The van der Waals surface area contributed by atoms with Crippen molar-refractivity contribution in [3.8, 4) is 0 Å². The summed E-state index contributed by atoms with van der Waals surface area (Å²) in [6, 6.07) is 6.36. The lowest BCUT2D eigenvalue weighted by Crippen LogP contribution is -2.52. The molecule has 1 aromatic carbocycles. The Labute approximate surface area is 115 Å². The smallest absolute Gasteiger partial charge is 0.339 e. The van der Waals surface area contributed by atoms with Crippen LogP contribution in [-0.2, 0) is 19.1 Å². The van der Waals surface area contributed by atoms with E-state index < -0.39 is 23.9 Å². The third-order valence-corrected chi connectivity index (χ3v) is 3.01. The summed E-state index contributed by atoms with van der Waals surface area (Å²) >= 11 is 0. The molecule has 2 rings (SSSR count). The van der Waals surface area contributed by atoms with Crippen molar-refractivity contribution in [1.29, 1.82) is 0 Å². The fourth-order valence-electron chi connectivity index (χ4n) is 2.01. The molecular formula is C13H14N2O5. The highest BCUT2D eigenvalue weighted by Gasteiger charge is 2.31. The number of hydrogen-bond donors (Lipinski definition) is 2. The molecule has 20 heavy (non-hydrogen) atoms. The zero-order valence-corrected chi connectivity index (χ0v) is 10.8. The molecule has 0 saturated carbocycles. The predicted molar refractivity (Wildman–Crippen MR) is 68.8 cm³/mol. The van der Waals surface area contributed by atoms with Crippen LogP contribution < -0.4 is 10.2 Å². The zero-order chi connectivity index (χ0) is 14.7. The highest BCUT2D eigenvalue weighted by atomic mass is 16.5. The van der Waals surface area contributed by atoms with Crippen molar-refractivity contribution in [3.05, 3.63) is 29.8 Å². The fraction of sp³-hybridized carbons (Fsp3) is 0.308. The van der Waals surface area contributed by atoms with Gasteiger partial charge in [0.25, 0.3) is 0 Å². The number of rotatable bonds is 3. The second-order valence-electron chi connectivity index (χ2n) is 4.20. The maximum atomic E-state index is 11.9. The van der Waals surface area contributed by atoms with Gasteiger partial charge in [-0.1, -0.05) is 18.2 Å². The Morgan fingerprint density at radius 1 is 1.40 bits per heavy atom. The molecule has 1 aliphatic heterocycles. The Morgan fingerprint density at radius 2 is 2.10 bits per heavy atom. The van der Waals surface area contributed by atoms with Crippen molar-refractivity contribution < 1.29 is 24.2 Å². The van der Waals surface area contributed by atoms with Gasteiger partial charge in [-0.15, -0.1) is 0 Å². The summed E-state index contributed by atoms with van der Waals surface area (Å²) in [5, 5.41) is 12.4. The number of nitrogens with zero attached hydrogens (tertiary/aromatic N) is 1. The molecule has 0 spiro atoms. The van der Waals surface area contributed by atoms with E-state index in [9.17, 15) is 19.5 Å². The number of carbonyl (C=O) groups is 3. The number of aliphatic hydroxyl groups is 1. The number of para-hydroxylation sites is 1. The predicted octanol–water partition coefficient (Wildman–Crippen LogP) is -0.644. The summed E-state index contributed by atoms with van der Waals surface area (Å²) in [5.41, 5.74) is 0.549. The molecule has 1 fully saturated rings. The molecule has 106 valence electrons. The maximum absolute atomic E-state index is 11.9. The average Bonchev–Trinajstić information content (AvgIpc) is 2.48. The number of ether oxygens (including phenoxy) is 1. The van der Waals surface area contributed by atoms with Crippen LogP contribution in [0.4, 0.5) is 5.69 Å². The summed E-state index contributed by atoms with van der Waals surface area (Å²) in [7, 11) is 1.16. The number of nitrogens with one attached hydrogen (secondary N) is 1. The first-order valence-electron chi connectivity index (χ1n) is 6.00. The molecule has 1 aliphatic rings. The lowest BCUT2D eigenvalue weighted by Gasteiger charge is -2.29. The van der Waals surface area contributed by atoms with Crippen molar-refractivity contribution >= 4 is 23.5 Å². The second kappa shape index (κ2) is 5.70. The first kappa shape index (κ1) is 14.0. The van der Waals surface area contributed by atoms with Gasteiger partial charge in [-0.05, 0) is 6.07 Å². The highest BCUT2D eigenvalue weighted by molar-refractivity contribution is 6.41. The molecule has 1 aromatic rings. The minimum Gasteiger partial charge on any atom is -0.467 e. The van der Waals surface area contributed by atoms with Gasteiger partial charge in [0.05, 0.1) is 12.8 Å². The molecule has 1 heterocycles. The van der Waals surface area contributed by atoms with Gasteiger partial charge in [0.15, 0.2) is 6.10 Å². The number of benzene rings is 1. The Kier molecular flexibility index (Phi) is 3.99. The minimum atomic E-state index is -1.51. The van der Waals surface area contributed by atoms with Gasteiger partial charge in [0.1, 0.15) is 0 Å². The third-order valence-electron chi connectivity index (χ3n) is 3.01. The molecule has 2 N–H and O–H groups in total. The van der Waals surface area contributed by atoms with E-state index >= 15 is 0 Å². The Hall–Kier alpha value is -2.41. The third kappa shape index (κ3) is 2.48. The van der Waals surface area contributed by atoms with Crippen molar-refractivity contribution in [2.24, 2.45) is 0 Å². The van der Waals surface area contributed by atoms with Crippen molar-refractivity contribution in [1.82, 2.24) is 5.32 Å². The van der Waals surface area contributed by atoms with Gasteiger partial charge < -0.3 is 20.1 Å². The van der Waals surface area contributed by atoms with Crippen LogP contribution in [0.25, 0.3) is 0 Å². The number of aliphatic hydroxyl groups excluding tert-OH is 1. The van der Waals surface area contributed by atoms with E-state index in [-0.39, 0.29) is 12.1 Å². The molecule has 7 nitrogen and oxygen atoms in total. The topological polar surface area (TPSA) is 95.9 Å². The standard InChI is InChI=1S/C13H14N2O5/c1-20-13(19)10(16)8-4-2-3-5-9(8)15-7-6-14-11(17)12(15)18/h2-5,10,16H,6-7H2,1H3,(H,14,17). The quantitative estimate of drug-likeness (QED) is 0.566. The summed E-state index contributed by atoms with van der Waals surface area (Å²) in [6.45, 7) is 0.586. The molecule has 2 amide bonds. The van der Waals surface area contributed by atoms with E-state index in [0.717, 1.165) is 7.11 Å². The van der Waals surface area contributed by atoms with Gasteiger partial charge in [-0.3, -0.25) is 9.59 Å². The van der Waals surface area contributed by atoms with E-state index in [1.807, 2.05) is 0 Å². The number of hydrogen-bond acceptors (Lipinski definition) is 5. The molecule has 0 aliphatic carbocycles. The van der Waals surface area contributed by atoms with Crippen LogP contribution in [0.15, 0.2) is 24.3 Å². The van der Waals surface area contributed by atoms with E-state index in [4.69, 9.17) is 0 Å². The first-order chi connectivity index (χ1) is 9.56. The number of carbonyl (C=O) groups excluding carboxylic acids is 3. The van der Waals surface area contributed by atoms with Crippen molar-refractivity contribution in [3.63, 3.8) is 0 Å². The summed E-state index contributed by atoms with van der Waals surface area (Å²) in [6.07, 6.45) is -1.51. The number of amides is 2. The zero-order valence-electron chi connectivity index (χ0n) is 10.8. The molecule has 0 aromatic heterocycles. The van der Waals surface area contributed by atoms with Crippen LogP contribution in [0.2, 0.25) is 0 Å². The van der Waals surface area contributed by atoms with E-state index in [1.54, 1.807) is 18.2 Å². The van der Waals surface area contributed by atoms with Gasteiger partial charge >= 0.3 is 17.8 Å². The SMILES string of the molecule is COC(=O)C(O)c1ccccc1N1CCNC(=O)C1=O. The van der Waals surface area contributed by atoms with Gasteiger partial charge in [-0.2, -0.15) is 0 Å². The Balaban J connectivity index is 2.39. The van der Waals surface area contributed by atoms with Crippen LogP contribution in [0.1, 0.15) is 11.7 Å². The fourth-order valence-corrected chi connectivity index (χ4v) is 2.01. The second-order valence-corrected chi connectivity index (χ2v) is 4.20. The lowest BCUT2D eigenvalue weighted by molar-refractivity contribution is -0.150. The van der Waals surface area contributed by atoms with E-state index in [0.29, 0.717) is 12.2 Å². The van der Waals surface area contributed by atoms with E-state index in [1.165, 1.54) is 11.0 Å². The number of methoxy groups -OCH3 is 1. The average molecular weight is 278 g/mol.